The molecule has 0 saturated carbocycles. The second kappa shape index (κ2) is 6.77. The molecule has 5 nitrogen and oxygen atoms in total. The van der Waals surface area contributed by atoms with Gasteiger partial charge in [0.25, 0.3) is 11.5 Å². The van der Waals surface area contributed by atoms with Crippen LogP contribution in [0, 0.1) is 6.92 Å². The maximum atomic E-state index is 12.5. The zero-order chi connectivity index (χ0) is 18.1. The molecule has 2 aromatic rings. The fourth-order valence-corrected chi connectivity index (χ4v) is 2.44. The summed E-state index contributed by atoms with van der Waals surface area (Å²) in [5.74, 6) is 0.122. The average molecular weight is 348 g/mol. The van der Waals surface area contributed by atoms with Gasteiger partial charge in [0.15, 0.2) is 0 Å². The van der Waals surface area contributed by atoms with Gasteiger partial charge in [-0.05, 0) is 31.5 Å². The fraction of sp³-hybridized carbons (Fsp3) is 0.389. The Hall–Kier alpha value is -2.14. The minimum absolute atomic E-state index is 0.0452. The van der Waals surface area contributed by atoms with Crippen molar-refractivity contribution in [3.8, 4) is 0 Å². The number of nitrogens with zero attached hydrogens (tertiary/aromatic N) is 1. The number of hydrogen-bond donors (Lipinski definition) is 2. The first-order valence-corrected chi connectivity index (χ1v) is 8.15. The Labute approximate surface area is 146 Å². The molecule has 1 heterocycles. The predicted octanol–water partition coefficient (Wildman–Crippen LogP) is 3.52. The molecule has 128 valence electrons. The lowest BCUT2D eigenvalue weighted by atomic mass is 9.95. The molecule has 2 N–H and O–H groups in total. The topological polar surface area (TPSA) is 74.8 Å². The third-order valence-corrected chi connectivity index (χ3v) is 4.01. The molecule has 0 fully saturated rings. The molecule has 0 bridgehead atoms. The van der Waals surface area contributed by atoms with Crippen LogP contribution in [0.25, 0.3) is 0 Å². The summed E-state index contributed by atoms with van der Waals surface area (Å²) >= 11 is 5.87. The zero-order valence-corrected chi connectivity index (χ0v) is 15.3. The van der Waals surface area contributed by atoms with Crippen LogP contribution in [-0.2, 0) is 5.41 Å². The summed E-state index contributed by atoms with van der Waals surface area (Å²) < 4.78 is 0. The molecule has 24 heavy (non-hydrogen) atoms. The van der Waals surface area contributed by atoms with Gasteiger partial charge >= 0.3 is 0 Å². The van der Waals surface area contributed by atoms with Gasteiger partial charge in [-0.2, -0.15) is 0 Å². The summed E-state index contributed by atoms with van der Waals surface area (Å²) in [6, 6.07) is 6.95. The van der Waals surface area contributed by atoms with Gasteiger partial charge < -0.3 is 10.3 Å². The summed E-state index contributed by atoms with van der Waals surface area (Å²) in [4.78, 5) is 31.9. The van der Waals surface area contributed by atoms with Gasteiger partial charge in [-0.25, -0.2) is 4.98 Å². The normalized spacial score (nSPS) is 12.8. The molecular weight excluding hydrogens is 326 g/mol. The number of carbonyl (C=O) groups is 1. The molecule has 0 aliphatic rings. The average Bonchev–Trinajstić information content (AvgIpc) is 2.46. The second-order valence-electron chi connectivity index (χ2n) is 6.87. The van der Waals surface area contributed by atoms with Crippen molar-refractivity contribution < 1.29 is 4.79 Å². The highest BCUT2D eigenvalue weighted by molar-refractivity contribution is 6.30. The van der Waals surface area contributed by atoms with Crippen molar-refractivity contribution in [3.63, 3.8) is 0 Å². The Morgan fingerprint density at radius 2 is 1.83 bits per heavy atom. The van der Waals surface area contributed by atoms with E-state index in [1.54, 1.807) is 19.1 Å². The van der Waals surface area contributed by atoms with Gasteiger partial charge in [-0.1, -0.05) is 44.5 Å². The Bertz CT molecular complexity index is 804. The number of aromatic amines is 1. The number of amides is 1. The SMILES string of the molecule is Cc1nc(C(C)(C)C)[nH]c(=O)c1C(=O)NC(C)c1ccc(Cl)cc1. The molecule has 0 saturated heterocycles. The molecule has 6 heteroatoms. The number of rotatable bonds is 3. The van der Waals surface area contributed by atoms with Crippen LogP contribution in [0.2, 0.25) is 5.02 Å². The van der Waals surface area contributed by atoms with Crippen LogP contribution < -0.4 is 10.9 Å². The first kappa shape index (κ1) is 18.2. The molecule has 1 atom stereocenters. The number of nitrogens with one attached hydrogen (secondary N) is 2. The van der Waals surface area contributed by atoms with Crippen LogP contribution in [0.15, 0.2) is 29.1 Å². The molecular formula is C18H22ClN3O2. The largest absolute Gasteiger partial charge is 0.345 e. The molecule has 0 spiro atoms. The molecule has 0 aliphatic carbocycles. The van der Waals surface area contributed by atoms with Crippen LogP contribution in [0.4, 0.5) is 0 Å². The molecule has 1 amide bonds. The van der Waals surface area contributed by atoms with E-state index in [1.165, 1.54) is 0 Å². The van der Waals surface area contributed by atoms with Crippen molar-refractivity contribution >= 4 is 17.5 Å². The van der Waals surface area contributed by atoms with Crippen molar-refractivity contribution in [2.75, 3.05) is 0 Å². The Balaban J connectivity index is 2.27. The number of carbonyl (C=O) groups excluding carboxylic acids is 1. The van der Waals surface area contributed by atoms with Crippen molar-refractivity contribution in [2.45, 2.75) is 46.1 Å². The highest BCUT2D eigenvalue weighted by atomic mass is 35.5. The zero-order valence-electron chi connectivity index (χ0n) is 14.5. The van der Waals surface area contributed by atoms with Crippen LogP contribution in [0.1, 0.15) is 61.2 Å². The van der Waals surface area contributed by atoms with Crippen molar-refractivity contribution in [1.29, 1.82) is 0 Å². The minimum atomic E-state index is -0.441. The van der Waals surface area contributed by atoms with Crippen molar-refractivity contribution in [2.24, 2.45) is 0 Å². The van der Waals surface area contributed by atoms with E-state index in [1.807, 2.05) is 39.8 Å². The summed E-state index contributed by atoms with van der Waals surface area (Å²) in [6.07, 6.45) is 0. The van der Waals surface area contributed by atoms with Gasteiger partial charge in [0.05, 0.1) is 11.7 Å². The Kier molecular flexibility index (Phi) is 5.13. The molecule has 0 radical (unpaired) electrons. The van der Waals surface area contributed by atoms with E-state index >= 15 is 0 Å². The number of H-pyrrole nitrogens is 1. The van der Waals surface area contributed by atoms with Gasteiger partial charge in [-0.3, -0.25) is 9.59 Å². The van der Waals surface area contributed by atoms with E-state index in [0.717, 1.165) is 5.56 Å². The van der Waals surface area contributed by atoms with Crippen LogP contribution in [0.3, 0.4) is 0 Å². The maximum Gasteiger partial charge on any atom is 0.264 e. The summed E-state index contributed by atoms with van der Waals surface area (Å²) in [6.45, 7) is 9.38. The summed E-state index contributed by atoms with van der Waals surface area (Å²) in [5.41, 5.74) is 0.651. The van der Waals surface area contributed by atoms with E-state index in [4.69, 9.17) is 11.6 Å². The van der Waals surface area contributed by atoms with Crippen LogP contribution in [-0.4, -0.2) is 15.9 Å². The first-order valence-electron chi connectivity index (χ1n) is 7.77. The van der Waals surface area contributed by atoms with E-state index in [9.17, 15) is 9.59 Å². The van der Waals surface area contributed by atoms with Crippen LogP contribution in [0.5, 0.6) is 0 Å². The summed E-state index contributed by atoms with van der Waals surface area (Å²) in [5, 5.41) is 3.46. The van der Waals surface area contributed by atoms with Gasteiger partial charge in [0.1, 0.15) is 11.4 Å². The number of aryl methyl sites for hydroxylation is 1. The fourth-order valence-electron chi connectivity index (χ4n) is 2.31. The number of halogens is 1. The van der Waals surface area contributed by atoms with E-state index < -0.39 is 11.5 Å². The van der Waals surface area contributed by atoms with Crippen molar-refractivity contribution in [3.05, 3.63) is 62.3 Å². The monoisotopic (exact) mass is 347 g/mol. The van der Waals surface area contributed by atoms with Gasteiger partial charge in [0, 0.05) is 10.4 Å². The lowest BCUT2D eigenvalue weighted by molar-refractivity contribution is 0.0937. The maximum absolute atomic E-state index is 12.5. The van der Waals surface area contributed by atoms with Crippen LogP contribution >= 0.6 is 11.6 Å². The van der Waals surface area contributed by atoms with Crippen molar-refractivity contribution in [1.82, 2.24) is 15.3 Å². The first-order chi connectivity index (χ1) is 11.1. The quantitative estimate of drug-likeness (QED) is 0.892. The highest BCUT2D eigenvalue weighted by Crippen LogP contribution is 2.19. The second-order valence-corrected chi connectivity index (χ2v) is 7.31. The smallest absolute Gasteiger partial charge is 0.264 e. The third-order valence-electron chi connectivity index (χ3n) is 3.76. The number of aromatic nitrogens is 2. The third kappa shape index (κ3) is 4.03. The molecule has 1 aromatic carbocycles. The van der Waals surface area contributed by atoms with E-state index in [-0.39, 0.29) is 17.0 Å². The lowest BCUT2D eigenvalue weighted by Gasteiger charge is -2.19. The Morgan fingerprint density at radius 1 is 1.25 bits per heavy atom. The van der Waals surface area contributed by atoms with E-state index in [0.29, 0.717) is 16.5 Å². The molecule has 2 rings (SSSR count). The number of hydrogen-bond acceptors (Lipinski definition) is 3. The lowest BCUT2D eigenvalue weighted by Crippen LogP contribution is -2.35. The Morgan fingerprint density at radius 3 is 2.33 bits per heavy atom. The molecule has 0 aliphatic heterocycles. The predicted molar refractivity (Wildman–Crippen MR) is 95.6 cm³/mol. The molecule has 1 unspecified atom stereocenters. The summed E-state index contributed by atoms with van der Waals surface area (Å²) in [7, 11) is 0. The standard InChI is InChI=1S/C18H22ClN3O2/c1-10(12-6-8-13(19)9-7-12)20-15(23)14-11(2)21-17(18(3,4)5)22-16(14)24/h6-10H,1-5H3,(H,20,23)(H,21,22,24). The number of benzene rings is 1. The highest BCUT2D eigenvalue weighted by Gasteiger charge is 2.23. The van der Waals surface area contributed by atoms with E-state index in [2.05, 4.69) is 15.3 Å². The molecule has 1 aromatic heterocycles. The van der Waals surface area contributed by atoms with Gasteiger partial charge in [0.2, 0.25) is 0 Å². The van der Waals surface area contributed by atoms with Gasteiger partial charge in [-0.15, -0.1) is 0 Å². The minimum Gasteiger partial charge on any atom is -0.345 e.